The summed E-state index contributed by atoms with van der Waals surface area (Å²) in [6.07, 6.45) is 0. The topological polar surface area (TPSA) is 63.0 Å². The van der Waals surface area contributed by atoms with Gasteiger partial charge in [0, 0.05) is 12.6 Å². The molecule has 0 unspecified atom stereocenters. The smallest absolute Gasteiger partial charge is 0.315 e. The minimum absolute atomic E-state index is 0.154. The van der Waals surface area contributed by atoms with Gasteiger partial charge in [-0.05, 0) is 30.5 Å². The van der Waals surface area contributed by atoms with Gasteiger partial charge < -0.3 is 15.1 Å². The molecular weight excluding hydrogens is 271 g/mol. The number of nitrogens with one attached hydrogen (secondary N) is 2. The molecule has 1 heterocycles. The highest BCUT2D eigenvalue weighted by molar-refractivity contribution is 5.32. The van der Waals surface area contributed by atoms with Crippen LogP contribution in [0.2, 0.25) is 0 Å². The van der Waals surface area contributed by atoms with E-state index >= 15 is 0 Å². The third kappa shape index (κ3) is 4.26. The first-order chi connectivity index (χ1) is 9.95. The molecule has 0 amide bonds. The molecule has 0 aliphatic carbocycles. The molecule has 5 nitrogen and oxygen atoms in total. The average Bonchev–Trinajstić information content (AvgIpc) is 2.88. The summed E-state index contributed by atoms with van der Waals surface area (Å²) >= 11 is 0. The van der Waals surface area contributed by atoms with Crippen LogP contribution in [0.4, 0.5) is 10.4 Å². The van der Waals surface area contributed by atoms with Crippen molar-refractivity contribution in [2.75, 3.05) is 5.32 Å². The Bertz CT molecular complexity index is 586. The van der Waals surface area contributed by atoms with E-state index in [9.17, 15) is 4.39 Å². The lowest BCUT2D eigenvalue weighted by Gasteiger charge is -2.07. The fraction of sp³-hybridized carbons (Fsp3) is 0.467. The van der Waals surface area contributed by atoms with Gasteiger partial charge in [0.05, 0.1) is 6.54 Å². The molecule has 2 N–H and O–H groups in total. The van der Waals surface area contributed by atoms with Crippen LogP contribution >= 0.6 is 0 Å². The summed E-state index contributed by atoms with van der Waals surface area (Å²) in [5, 5.41) is 14.1. The van der Waals surface area contributed by atoms with Crippen LogP contribution < -0.4 is 10.6 Å². The van der Waals surface area contributed by atoms with Crippen LogP contribution in [0.5, 0.6) is 0 Å². The van der Waals surface area contributed by atoms with Crippen molar-refractivity contribution in [3.05, 3.63) is 40.5 Å². The van der Waals surface area contributed by atoms with Gasteiger partial charge in [-0.3, -0.25) is 0 Å². The predicted octanol–water partition coefficient (Wildman–Crippen LogP) is 2.94. The molecule has 0 bridgehead atoms. The Balaban J connectivity index is 1.94. The van der Waals surface area contributed by atoms with Crippen LogP contribution in [0.1, 0.15) is 36.4 Å². The molecule has 0 aliphatic heterocycles. The molecule has 0 fully saturated rings. The molecule has 0 atom stereocenters. The molecule has 0 radical (unpaired) electrons. The maximum atomic E-state index is 13.6. The van der Waals surface area contributed by atoms with E-state index in [0.29, 0.717) is 42.2 Å². The van der Waals surface area contributed by atoms with E-state index < -0.39 is 0 Å². The van der Waals surface area contributed by atoms with Crippen LogP contribution in [0.25, 0.3) is 0 Å². The van der Waals surface area contributed by atoms with E-state index in [1.54, 1.807) is 13.8 Å². The number of hydrogen-bond donors (Lipinski definition) is 2. The number of halogens is 1. The number of aromatic nitrogens is 2. The Morgan fingerprint density at radius 2 is 1.81 bits per heavy atom. The third-order valence-electron chi connectivity index (χ3n) is 3.07. The van der Waals surface area contributed by atoms with Gasteiger partial charge in [0.2, 0.25) is 5.89 Å². The molecule has 0 saturated heterocycles. The minimum Gasteiger partial charge on any atom is -0.407 e. The monoisotopic (exact) mass is 292 g/mol. The molecule has 0 saturated carbocycles. The zero-order chi connectivity index (χ0) is 15.4. The lowest BCUT2D eigenvalue weighted by molar-refractivity contribution is 0.458. The molecule has 114 valence electrons. The number of rotatable bonds is 6. The van der Waals surface area contributed by atoms with Crippen molar-refractivity contribution in [2.24, 2.45) is 0 Å². The van der Waals surface area contributed by atoms with E-state index in [-0.39, 0.29) is 5.82 Å². The fourth-order valence-electron chi connectivity index (χ4n) is 2.00. The van der Waals surface area contributed by atoms with E-state index in [1.165, 1.54) is 0 Å². The van der Waals surface area contributed by atoms with Gasteiger partial charge >= 0.3 is 6.01 Å². The zero-order valence-electron chi connectivity index (χ0n) is 12.8. The number of hydrogen-bond acceptors (Lipinski definition) is 5. The Labute approximate surface area is 124 Å². The number of nitrogens with zero attached hydrogens (tertiary/aromatic N) is 2. The van der Waals surface area contributed by atoms with Gasteiger partial charge in [0.15, 0.2) is 0 Å². The first-order valence-corrected chi connectivity index (χ1v) is 7.01. The summed E-state index contributed by atoms with van der Waals surface area (Å²) in [7, 11) is 0. The molecular formula is C15H21FN4O. The maximum Gasteiger partial charge on any atom is 0.315 e. The lowest BCUT2D eigenvalue weighted by atomic mass is 10.1. The minimum atomic E-state index is -0.154. The first kappa shape index (κ1) is 15.4. The molecule has 0 spiro atoms. The van der Waals surface area contributed by atoms with Crippen LogP contribution in [-0.2, 0) is 13.1 Å². The molecule has 1 aromatic carbocycles. The lowest BCUT2D eigenvalue weighted by Crippen LogP contribution is -2.21. The van der Waals surface area contributed by atoms with Crippen LogP contribution in [0, 0.1) is 19.7 Å². The van der Waals surface area contributed by atoms with Crippen molar-refractivity contribution in [1.82, 2.24) is 15.5 Å². The number of aryl methyl sites for hydroxylation is 2. The van der Waals surface area contributed by atoms with Crippen LogP contribution in [0.15, 0.2) is 16.5 Å². The van der Waals surface area contributed by atoms with Gasteiger partial charge in [0.25, 0.3) is 0 Å². The maximum absolute atomic E-state index is 13.6. The largest absolute Gasteiger partial charge is 0.407 e. The van der Waals surface area contributed by atoms with Crippen molar-refractivity contribution in [3.8, 4) is 0 Å². The van der Waals surface area contributed by atoms with Gasteiger partial charge in [-0.15, -0.1) is 5.10 Å². The molecule has 0 aliphatic rings. The van der Waals surface area contributed by atoms with Gasteiger partial charge in [-0.1, -0.05) is 31.1 Å². The van der Waals surface area contributed by atoms with Gasteiger partial charge in [-0.25, -0.2) is 4.39 Å². The van der Waals surface area contributed by atoms with Crippen molar-refractivity contribution >= 4 is 6.01 Å². The fourth-order valence-corrected chi connectivity index (χ4v) is 2.00. The van der Waals surface area contributed by atoms with Crippen LogP contribution in [0.3, 0.4) is 0 Å². The first-order valence-electron chi connectivity index (χ1n) is 7.01. The van der Waals surface area contributed by atoms with Crippen molar-refractivity contribution in [3.63, 3.8) is 0 Å². The summed E-state index contributed by atoms with van der Waals surface area (Å²) in [6, 6.07) is 4.36. The molecule has 6 heteroatoms. The summed E-state index contributed by atoms with van der Waals surface area (Å²) in [4.78, 5) is 0. The highest BCUT2D eigenvalue weighted by Gasteiger charge is 2.08. The zero-order valence-corrected chi connectivity index (χ0v) is 12.8. The highest BCUT2D eigenvalue weighted by Crippen LogP contribution is 2.16. The second-order valence-corrected chi connectivity index (χ2v) is 5.43. The predicted molar refractivity (Wildman–Crippen MR) is 79.5 cm³/mol. The molecule has 2 aromatic rings. The second kappa shape index (κ2) is 6.67. The summed E-state index contributed by atoms with van der Waals surface area (Å²) in [5.74, 6) is 0.385. The SMILES string of the molecule is Cc1cc(CNc2nnc(CNC(C)C)o2)cc(C)c1F. The Morgan fingerprint density at radius 1 is 1.14 bits per heavy atom. The molecule has 2 rings (SSSR count). The van der Waals surface area contributed by atoms with Gasteiger partial charge in [-0.2, -0.15) is 0 Å². The molecule has 1 aromatic heterocycles. The summed E-state index contributed by atoms with van der Waals surface area (Å²) in [6.45, 7) is 8.67. The Kier molecular flexibility index (Phi) is 4.90. The van der Waals surface area contributed by atoms with E-state index in [1.807, 2.05) is 12.1 Å². The normalized spacial score (nSPS) is 11.1. The summed E-state index contributed by atoms with van der Waals surface area (Å²) in [5.41, 5.74) is 2.25. The van der Waals surface area contributed by atoms with Crippen LogP contribution in [-0.4, -0.2) is 16.2 Å². The number of benzene rings is 1. The average molecular weight is 292 g/mol. The van der Waals surface area contributed by atoms with E-state index in [4.69, 9.17) is 4.42 Å². The Morgan fingerprint density at radius 3 is 2.43 bits per heavy atom. The van der Waals surface area contributed by atoms with Gasteiger partial charge in [0.1, 0.15) is 5.82 Å². The van der Waals surface area contributed by atoms with Crippen molar-refractivity contribution in [1.29, 1.82) is 0 Å². The number of anilines is 1. The second-order valence-electron chi connectivity index (χ2n) is 5.43. The third-order valence-corrected chi connectivity index (χ3v) is 3.07. The van der Waals surface area contributed by atoms with E-state index in [0.717, 1.165) is 5.56 Å². The Hall–Kier alpha value is -1.95. The summed E-state index contributed by atoms with van der Waals surface area (Å²) < 4.78 is 19.0. The van der Waals surface area contributed by atoms with Crippen molar-refractivity contribution < 1.29 is 8.81 Å². The quantitative estimate of drug-likeness (QED) is 0.857. The standard InChI is InChI=1S/C15H21FN4O/c1-9(2)17-8-13-19-20-15(21-13)18-7-12-5-10(3)14(16)11(4)6-12/h5-6,9,17H,7-8H2,1-4H3,(H,18,20). The molecule has 21 heavy (non-hydrogen) atoms. The highest BCUT2D eigenvalue weighted by atomic mass is 19.1. The van der Waals surface area contributed by atoms with Crippen molar-refractivity contribution in [2.45, 2.75) is 46.8 Å². The van der Waals surface area contributed by atoms with E-state index in [2.05, 4.69) is 34.7 Å².